The Morgan fingerprint density at radius 1 is 0.978 bits per heavy atom. The average molecular weight is 654 g/mol. The van der Waals surface area contributed by atoms with Crippen LogP contribution in [0, 0.1) is 18.3 Å². The SMILES string of the molecule is Cc1c(CN2CCC(Nc3ncnc4sc(CC(F)(F)F)cc34)CC2)ccc2c1cc(C#N)n2CCN1CCN(CN(C)C)CC1. The molecule has 2 saturated heterocycles. The number of thiophene rings is 1. The van der Waals surface area contributed by atoms with Crippen LogP contribution >= 0.6 is 11.3 Å². The van der Waals surface area contributed by atoms with Crippen LogP contribution in [-0.2, 0) is 19.5 Å². The summed E-state index contributed by atoms with van der Waals surface area (Å²) in [6.45, 7) is 11.7. The first kappa shape index (κ1) is 32.7. The van der Waals surface area contributed by atoms with Crippen LogP contribution in [0.1, 0.15) is 34.5 Å². The standard InChI is InChI=1S/C33H42F3N9S/c1-23-24(4-5-30-28(23)16-26(19-37)45(30)15-14-42-10-12-44(13-11-42)22-41(2)3)20-43-8-6-25(7-9-43)40-31-29-17-27(18-33(34,35)36)46-32(29)39-21-38-31/h4-5,16-17,21,25H,6-15,18,20,22H2,1-3H3,(H,38,39,40). The lowest BCUT2D eigenvalue weighted by molar-refractivity contribution is -0.126. The Kier molecular flexibility index (Phi) is 9.82. The van der Waals surface area contributed by atoms with E-state index in [-0.39, 0.29) is 10.9 Å². The lowest BCUT2D eigenvalue weighted by Crippen LogP contribution is -2.49. The Bertz CT molecular complexity index is 1690. The monoisotopic (exact) mass is 653 g/mol. The molecule has 2 fully saturated rings. The quantitative estimate of drug-likeness (QED) is 0.252. The Morgan fingerprint density at radius 3 is 2.41 bits per heavy atom. The molecule has 0 amide bonds. The minimum absolute atomic E-state index is 0.187. The zero-order chi connectivity index (χ0) is 32.4. The fourth-order valence-electron chi connectivity index (χ4n) is 6.80. The summed E-state index contributed by atoms with van der Waals surface area (Å²) < 4.78 is 41.0. The topological polar surface area (TPSA) is 79.5 Å². The molecular formula is C33H42F3N9S. The van der Waals surface area contributed by atoms with Gasteiger partial charge in [0.15, 0.2) is 0 Å². The van der Waals surface area contributed by atoms with Gasteiger partial charge < -0.3 is 9.88 Å². The molecule has 2 aliphatic rings. The minimum Gasteiger partial charge on any atom is -0.367 e. The van der Waals surface area contributed by atoms with E-state index < -0.39 is 12.6 Å². The van der Waals surface area contributed by atoms with Crippen molar-refractivity contribution in [3.63, 3.8) is 0 Å². The van der Waals surface area contributed by atoms with Crippen molar-refractivity contribution in [2.75, 3.05) is 71.9 Å². The van der Waals surface area contributed by atoms with Gasteiger partial charge in [-0.05, 0) is 63.2 Å². The molecule has 13 heteroatoms. The summed E-state index contributed by atoms with van der Waals surface area (Å²) in [5, 5.41) is 15.3. The number of hydrogen-bond acceptors (Lipinski definition) is 9. The number of anilines is 1. The number of nitrogens with one attached hydrogen (secondary N) is 1. The molecule has 3 aromatic heterocycles. The lowest BCUT2D eigenvalue weighted by Gasteiger charge is -2.36. The number of fused-ring (bicyclic) bond motifs is 2. The van der Waals surface area contributed by atoms with E-state index in [0.29, 0.717) is 21.7 Å². The predicted molar refractivity (Wildman–Crippen MR) is 177 cm³/mol. The molecular weight excluding hydrogens is 611 g/mol. The molecule has 2 aliphatic heterocycles. The van der Waals surface area contributed by atoms with Gasteiger partial charge in [0, 0.05) is 80.7 Å². The number of aromatic nitrogens is 3. The molecule has 0 aliphatic carbocycles. The second-order valence-corrected chi connectivity index (χ2v) is 14.0. The van der Waals surface area contributed by atoms with Crippen LogP contribution in [0.3, 0.4) is 0 Å². The highest BCUT2D eigenvalue weighted by Crippen LogP contribution is 2.33. The molecule has 0 unspecified atom stereocenters. The Morgan fingerprint density at radius 2 is 1.72 bits per heavy atom. The number of nitrogens with zero attached hydrogens (tertiary/aromatic N) is 8. The number of aryl methyl sites for hydroxylation is 1. The number of halogens is 3. The highest BCUT2D eigenvalue weighted by Gasteiger charge is 2.29. The van der Waals surface area contributed by atoms with Crippen LogP contribution in [0.25, 0.3) is 21.1 Å². The maximum Gasteiger partial charge on any atom is 0.393 e. The molecule has 1 aromatic carbocycles. The van der Waals surface area contributed by atoms with Gasteiger partial charge >= 0.3 is 6.18 Å². The molecule has 0 bridgehead atoms. The first-order chi connectivity index (χ1) is 22.1. The van der Waals surface area contributed by atoms with Gasteiger partial charge in [0.2, 0.25) is 0 Å². The first-order valence-electron chi connectivity index (χ1n) is 16.0. The minimum atomic E-state index is -4.25. The third kappa shape index (κ3) is 7.64. The number of piperazine rings is 1. The lowest BCUT2D eigenvalue weighted by atomic mass is 10.0. The van der Waals surface area contributed by atoms with Gasteiger partial charge in [0.25, 0.3) is 0 Å². The zero-order valence-electron chi connectivity index (χ0n) is 26.8. The molecule has 0 spiro atoms. The highest BCUT2D eigenvalue weighted by molar-refractivity contribution is 7.18. The fourth-order valence-corrected chi connectivity index (χ4v) is 7.82. The number of alkyl halides is 3. The summed E-state index contributed by atoms with van der Waals surface area (Å²) in [5.74, 6) is 0.610. The van der Waals surface area contributed by atoms with E-state index >= 15 is 0 Å². The van der Waals surface area contributed by atoms with Gasteiger partial charge in [0.05, 0.1) is 18.5 Å². The van der Waals surface area contributed by atoms with Crippen molar-refractivity contribution in [2.45, 2.75) is 51.5 Å². The number of likely N-dealkylation sites (tertiary alicyclic amines) is 1. The number of piperidine rings is 1. The largest absolute Gasteiger partial charge is 0.393 e. The van der Waals surface area contributed by atoms with E-state index in [4.69, 9.17) is 0 Å². The predicted octanol–water partition coefficient (Wildman–Crippen LogP) is 5.14. The maximum absolute atomic E-state index is 12.9. The van der Waals surface area contributed by atoms with Gasteiger partial charge in [-0.2, -0.15) is 18.4 Å². The highest BCUT2D eigenvalue weighted by atomic mass is 32.1. The van der Waals surface area contributed by atoms with E-state index in [1.807, 2.05) is 6.07 Å². The Balaban J connectivity index is 1.05. The summed E-state index contributed by atoms with van der Waals surface area (Å²) in [4.78, 5) is 19.0. The summed E-state index contributed by atoms with van der Waals surface area (Å²) in [6.07, 6.45) is -1.96. The van der Waals surface area contributed by atoms with E-state index in [2.05, 4.69) is 78.7 Å². The summed E-state index contributed by atoms with van der Waals surface area (Å²) in [6, 6.07) is 10.6. The zero-order valence-corrected chi connectivity index (χ0v) is 27.6. The molecule has 46 heavy (non-hydrogen) atoms. The van der Waals surface area contributed by atoms with Crippen molar-refractivity contribution in [2.24, 2.45) is 0 Å². The average Bonchev–Trinajstić information content (AvgIpc) is 3.59. The summed E-state index contributed by atoms with van der Waals surface area (Å²) in [5.41, 5.74) is 4.32. The molecule has 0 atom stereocenters. The molecule has 246 valence electrons. The molecule has 9 nitrogen and oxygen atoms in total. The normalized spacial score (nSPS) is 17.8. The molecule has 6 rings (SSSR count). The second kappa shape index (κ2) is 13.8. The molecule has 1 N–H and O–H groups in total. The van der Waals surface area contributed by atoms with Crippen LogP contribution in [0.4, 0.5) is 19.0 Å². The maximum atomic E-state index is 12.9. The van der Waals surface area contributed by atoms with Gasteiger partial charge in [-0.3, -0.25) is 19.6 Å². The van der Waals surface area contributed by atoms with Crippen molar-refractivity contribution < 1.29 is 13.2 Å². The van der Waals surface area contributed by atoms with Crippen LogP contribution in [-0.4, -0.2) is 113 Å². The van der Waals surface area contributed by atoms with Crippen molar-refractivity contribution in [1.82, 2.24) is 34.1 Å². The van der Waals surface area contributed by atoms with E-state index in [1.54, 1.807) is 6.07 Å². The molecule has 0 radical (unpaired) electrons. The number of benzene rings is 1. The molecule has 0 saturated carbocycles. The summed E-state index contributed by atoms with van der Waals surface area (Å²) >= 11 is 1.07. The molecule has 5 heterocycles. The van der Waals surface area contributed by atoms with Crippen molar-refractivity contribution >= 4 is 38.3 Å². The van der Waals surface area contributed by atoms with E-state index in [9.17, 15) is 18.4 Å². The summed E-state index contributed by atoms with van der Waals surface area (Å²) in [7, 11) is 4.21. The van der Waals surface area contributed by atoms with Crippen LogP contribution < -0.4 is 5.32 Å². The number of nitriles is 1. The third-order valence-corrected chi connectivity index (χ3v) is 10.3. The van der Waals surface area contributed by atoms with Gasteiger partial charge in [-0.25, -0.2) is 9.97 Å². The van der Waals surface area contributed by atoms with Crippen molar-refractivity contribution in [3.05, 3.63) is 52.3 Å². The Labute approximate surface area is 272 Å². The second-order valence-electron chi connectivity index (χ2n) is 12.9. The van der Waals surface area contributed by atoms with Gasteiger partial charge in [-0.1, -0.05) is 6.07 Å². The third-order valence-electron chi connectivity index (χ3n) is 9.25. The van der Waals surface area contributed by atoms with E-state index in [1.165, 1.54) is 17.5 Å². The molecule has 4 aromatic rings. The fraction of sp³-hybridized carbons (Fsp3) is 0.545. The number of rotatable bonds is 10. The Hall–Kier alpha value is -3.28. The number of hydrogen-bond donors (Lipinski definition) is 1. The van der Waals surface area contributed by atoms with Crippen LogP contribution in [0.15, 0.2) is 30.6 Å². The van der Waals surface area contributed by atoms with Crippen LogP contribution in [0.2, 0.25) is 0 Å². The van der Waals surface area contributed by atoms with Crippen molar-refractivity contribution in [1.29, 1.82) is 5.26 Å². The van der Waals surface area contributed by atoms with Gasteiger partial charge in [-0.15, -0.1) is 11.3 Å². The smallest absolute Gasteiger partial charge is 0.367 e. The van der Waals surface area contributed by atoms with Gasteiger partial charge in [0.1, 0.15) is 28.7 Å². The van der Waals surface area contributed by atoms with Crippen molar-refractivity contribution in [3.8, 4) is 6.07 Å². The first-order valence-corrected chi connectivity index (χ1v) is 16.8. The van der Waals surface area contributed by atoms with E-state index in [0.717, 1.165) is 101 Å². The van der Waals surface area contributed by atoms with Crippen LogP contribution in [0.5, 0.6) is 0 Å².